The van der Waals surface area contributed by atoms with Gasteiger partial charge in [0.25, 0.3) is 0 Å². The van der Waals surface area contributed by atoms with Gasteiger partial charge in [0.15, 0.2) is 0 Å². The quantitative estimate of drug-likeness (QED) is 0.801. The lowest BCUT2D eigenvalue weighted by atomic mass is 9.72. The van der Waals surface area contributed by atoms with Crippen molar-refractivity contribution in [3.63, 3.8) is 0 Å². The first-order valence-electron chi connectivity index (χ1n) is 10.4. The number of hydrogen-bond acceptors (Lipinski definition) is 5. The lowest BCUT2D eigenvalue weighted by molar-refractivity contribution is -0.149. The van der Waals surface area contributed by atoms with Gasteiger partial charge >= 0.3 is 0 Å². The number of rotatable bonds is 6. The molecule has 3 saturated heterocycles. The molecule has 1 N–H and O–H groups in total. The Morgan fingerprint density at radius 1 is 1.29 bits per heavy atom. The number of anilines is 1. The Bertz CT molecular complexity index is 698. The van der Waals surface area contributed by atoms with E-state index in [1.54, 1.807) is 7.11 Å². The second-order valence-corrected chi connectivity index (χ2v) is 8.24. The smallest absolute Gasteiger partial charge is 0.223 e. The molecule has 3 fully saturated rings. The summed E-state index contributed by atoms with van der Waals surface area (Å²) in [6, 6.07) is 4.49. The summed E-state index contributed by atoms with van der Waals surface area (Å²) in [5.74, 6) is 1.12. The maximum atomic E-state index is 12.8. The van der Waals surface area contributed by atoms with Crippen LogP contribution in [0.25, 0.3) is 0 Å². The summed E-state index contributed by atoms with van der Waals surface area (Å²) in [6.45, 7) is 2.85. The fourth-order valence-corrected chi connectivity index (χ4v) is 5.30. The number of amides is 2. The summed E-state index contributed by atoms with van der Waals surface area (Å²) in [7, 11) is 1.60. The molecule has 0 radical (unpaired) electrons. The van der Waals surface area contributed by atoms with Crippen molar-refractivity contribution in [3.8, 4) is 0 Å². The average molecular weight is 386 g/mol. The van der Waals surface area contributed by atoms with E-state index in [0.29, 0.717) is 43.9 Å². The molecule has 1 aromatic rings. The molecule has 7 heteroatoms. The fourth-order valence-electron chi connectivity index (χ4n) is 5.30. The van der Waals surface area contributed by atoms with Crippen molar-refractivity contribution in [2.45, 2.75) is 44.2 Å². The van der Waals surface area contributed by atoms with E-state index >= 15 is 0 Å². The van der Waals surface area contributed by atoms with Crippen molar-refractivity contribution in [3.05, 3.63) is 24.5 Å². The van der Waals surface area contributed by atoms with Crippen LogP contribution in [0.3, 0.4) is 0 Å². The van der Waals surface area contributed by atoms with E-state index in [0.717, 1.165) is 32.4 Å². The minimum absolute atomic E-state index is 0.00761. The SMILES string of the molecule is COCCC(=O)NC[C@H]1[C@H]2C[C@H](CN(c3ccncc3)C2)[C@@H]2CCCC(=O)N21. The molecule has 0 unspecified atom stereocenters. The van der Waals surface area contributed by atoms with Crippen molar-refractivity contribution in [2.24, 2.45) is 11.8 Å². The van der Waals surface area contributed by atoms with Gasteiger partial charge in [0.1, 0.15) is 0 Å². The van der Waals surface area contributed by atoms with Crippen LogP contribution in [0.5, 0.6) is 0 Å². The molecule has 2 bridgehead atoms. The fraction of sp³-hybridized carbons (Fsp3) is 0.667. The van der Waals surface area contributed by atoms with E-state index in [9.17, 15) is 9.59 Å². The molecule has 7 nitrogen and oxygen atoms in total. The normalized spacial score (nSPS) is 29.4. The number of carbonyl (C=O) groups excluding carboxylic acids is 2. The Kier molecular flexibility index (Phi) is 5.80. The number of ether oxygens (including phenoxy) is 1. The number of fused-ring (bicyclic) bond motifs is 4. The van der Waals surface area contributed by atoms with Crippen LogP contribution in [0.1, 0.15) is 32.1 Å². The van der Waals surface area contributed by atoms with Crippen molar-refractivity contribution in [1.82, 2.24) is 15.2 Å². The molecule has 4 rings (SSSR count). The molecule has 0 aliphatic carbocycles. The van der Waals surface area contributed by atoms with Gasteiger partial charge < -0.3 is 19.9 Å². The Hall–Kier alpha value is -2.15. The molecule has 0 spiro atoms. The first-order valence-corrected chi connectivity index (χ1v) is 10.4. The van der Waals surface area contributed by atoms with Crippen molar-refractivity contribution in [1.29, 1.82) is 0 Å². The summed E-state index contributed by atoms with van der Waals surface area (Å²) < 4.78 is 5.00. The van der Waals surface area contributed by atoms with E-state index in [2.05, 4.69) is 32.2 Å². The van der Waals surface area contributed by atoms with Crippen LogP contribution in [0.4, 0.5) is 5.69 Å². The number of nitrogens with zero attached hydrogens (tertiary/aromatic N) is 3. The highest BCUT2D eigenvalue weighted by Crippen LogP contribution is 2.42. The third kappa shape index (κ3) is 3.85. The summed E-state index contributed by atoms with van der Waals surface area (Å²) in [6.07, 6.45) is 7.85. The summed E-state index contributed by atoms with van der Waals surface area (Å²) in [5.41, 5.74) is 1.20. The van der Waals surface area contributed by atoms with Gasteiger partial charge in [-0.3, -0.25) is 14.6 Å². The molecule has 2 amide bonds. The topological polar surface area (TPSA) is 74.8 Å². The van der Waals surface area contributed by atoms with Gasteiger partial charge in [-0.2, -0.15) is 0 Å². The Morgan fingerprint density at radius 3 is 2.86 bits per heavy atom. The minimum atomic E-state index is -0.00761. The third-order valence-corrected chi connectivity index (χ3v) is 6.57. The summed E-state index contributed by atoms with van der Waals surface area (Å²) in [4.78, 5) is 33.7. The zero-order valence-corrected chi connectivity index (χ0v) is 16.5. The molecule has 1 aromatic heterocycles. The molecule has 0 saturated carbocycles. The zero-order chi connectivity index (χ0) is 19.5. The van der Waals surface area contributed by atoms with Crippen molar-refractivity contribution < 1.29 is 14.3 Å². The monoisotopic (exact) mass is 386 g/mol. The first-order chi connectivity index (χ1) is 13.7. The van der Waals surface area contributed by atoms with Gasteiger partial charge in [0.05, 0.1) is 12.6 Å². The number of carbonyl (C=O) groups is 2. The predicted octanol–water partition coefficient (Wildman–Crippen LogP) is 1.44. The first kappa shape index (κ1) is 19.2. The number of piperidine rings is 3. The number of methoxy groups -OCH3 is 1. The third-order valence-electron chi connectivity index (χ3n) is 6.57. The Balaban J connectivity index is 1.52. The van der Waals surface area contributed by atoms with Crippen molar-refractivity contribution >= 4 is 17.5 Å². The molecule has 3 aliphatic rings. The minimum Gasteiger partial charge on any atom is -0.384 e. The molecular formula is C21H30N4O3. The van der Waals surface area contributed by atoms with Crippen molar-refractivity contribution in [2.75, 3.05) is 38.3 Å². The molecule has 4 heterocycles. The van der Waals surface area contributed by atoms with Crippen LogP contribution < -0.4 is 10.2 Å². The maximum Gasteiger partial charge on any atom is 0.223 e. The van der Waals surface area contributed by atoms with Gasteiger partial charge in [0, 0.05) is 63.7 Å². The molecule has 152 valence electrons. The molecule has 28 heavy (non-hydrogen) atoms. The highest BCUT2D eigenvalue weighted by molar-refractivity contribution is 5.79. The van der Waals surface area contributed by atoms with Crippen LogP contribution >= 0.6 is 0 Å². The van der Waals surface area contributed by atoms with Crippen LogP contribution in [0, 0.1) is 11.8 Å². The van der Waals surface area contributed by atoms with Crippen LogP contribution in [0.15, 0.2) is 24.5 Å². The number of aromatic nitrogens is 1. The number of hydrogen-bond donors (Lipinski definition) is 1. The second-order valence-electron chi connectivity index (χ2n) is 8.24. The molecular weight excluding hydrogens is 356 g/mol. The van der Waals surface area contributed by atoms with Gasteiger partial charge in [-0.1, -0.05) is 0 Å². The van der Waals surface area contributed by atoms with E-state index in [1.165, 1.54) is 5.69 Å². The average Bonchev–Trinajstić information content (AvgIpc) is 2.73. The zero-order valence-electron chi connectivity index (χ0n) is 16.5. The summed E-state index contributed by atoms with van der Waals surface area (Å²) in [5, 5.41) is 3.06. The predicted molar refractivity (Wildman–Crippen MR) is 106 cm³/mol. The highest BCUT2D eigenvalue weighted by atomic mass is 16.5. The Labute approximate surface area is 166 Å². The standard InChI is InChI=1S/C21H30N4O3/c1-28-10-7-20(26)23-12-19-16-11-15(18-3-2-4-21(27)25(18)19)13-24(14-16)17-5-8-22-9-6-17/h5-6,8-9,15-16,18-19H,2-4,7,10-14H2,1H3,(H,23,26)/t15-,16+,18+,19+/m1/s1. The van der Waals surface area contributed by atoms with Gasteiger partial charge in [-0.25, -0.2) is 0 Å². The highest BCUT2D eigenvalue weighted by Gasteiger charge is 2.49. The van der Waals surface area contributed by atoms with E-state index in [1.807, 2.05) is 12.4 Å². The maximum absolute atomic E-state index is 12.8. The van der Waals surface area contributed by atoms with Gasteiger partial charge in [0.2, 0.25) is 11.8 Å². The lowest BCUT2D eigenvalue weighted by Gasteiger charge is -2.57. The molecule has 3 aliphatic heterocycles. The largest absolute Gasteiger partial charge is 0.384 e. The van der Waals surface area contributed by atoms with Gasteiger partial charge in [-0.15, -0.1) is 0 Å². The second kappa shape index (κ2) is 8.47. The number of pyridine rings is 1. The van der Waals surface area contributed by atoms with E-state index in [4.69, 9.17) is 4.74 Å². The summed E-state index contributed by atoms with van der Waals surface area (Å²) >= 11 is 0. The van der Waals surface area contributed by atoms with Crippen LogP contribution in [-0.2, 0) is 14.3 Å². The Morgan fingerprint density at radius 2 is 2.07 bits per heavy atom. The van der Waals surface area contributed by atoms with E-state index < -0.39 is 0 Å². The lowest BCUT2D eigenvalue weighted by Crippen LogP contribution is -2.67. The van der Waals surface area contributed by atoms with Gasteiger partial charge in [-0.05, 0) is 43.2 Å². The van der Waals surface area contributed by atoms with E-state index in [-0.39, 0.29) is 17.9 Å². The van der Waals surface area contributed by atoms with Crippen LogP contribution in [-0.4, -0.2) is 67.1 Å². The number of nitrogens with one attached hydrogen (secondary N) is 1. The molecule has 4 atom stereocenters. The van der Waals surface area contributed by atoms with Crippen LogP contribution in [0.2, 0.25) is 0 Å². The molecule has 0 aromatic carbocycles.